The van der Waals surface area contributed by atoms with Crippen molar-refractivity contribution in [3.05, 3.63) is 76.8 Å². The van der Waals surface area contributed by atoms with E-state index in [9.17, 15) is 9.59 Å². The molecule has 7 nitrogen and oxygen atoms in total. The predicted octanol–water partition coefficient (Wildman–Crippen LogP) is 3.47. The minimum absolute atomic E-state index is 0.269. The van der Waals surface area contributed by atoms with Crippen LogP contribution in [0.2, 0.25) is 5.02 Å². The Hall–Kier alpha value is -3.29. The molecule has 0 bridgehead atoms. The molecule has 1 aliphatic rings. The van der Waals surface area contributed by atoms with E-state index in [1.807, 2.05) is 48.5 Å². The number of morpholine rings is 1. The van der Waals surface area contributed by atoms with Gasteiger partial charge in [-0.1, -0.05) is 41.9 Å². The fraction of sp³-hybridized carbons (Fsp3) is 0.217. The summed E-state index contributed by atoms with van der Waals surface area (Å²) in [6.07, 6.45) is 0. The van der Waals surface area contributed by atoms with Crippen LogP contribution in [0.3, 0.4) is 0 Å². The van der Waals surface area contributed by atoms with Gasteiger partial charge in [0.05, 0.1) is 13.2 Å². The third-order valence-corrected chi connectivity index (χ3v) is 5.37. The molecule has 3 aromatic carbocycles. The van der Waals surface area contributed by atoms with E-state index in [1.54, 1.807) is 12.1 Å². The summed E-state index contributed by atoms with van der Waals surface area (Å²) in [6, 6.07) is 18.2. The Morgan fingerprint density at radius 1 is 0.935 bits per heavy atom. The number of urea groups is 1. The molecule has 8 heteroatoms. The summed E-state index contributed by atoms with van der Waals surface area (Å²) >= 11 is 6.15. The van der Waals surface area contributed by atoms with Gasteiger partial charge in [-0.15, -0.1) is 0 Å². The van der Waals surface area contributed by atoms with Gasteiger partial charge in [0.2, 0.25) is 0 Å². The predicted molar refractivity (Wildman–Crippen MR) is 121 cm³/mol. The van der Waals surface area contributed by atoms with Gasteiger partial charge in [-0.3, -0.25) is 10.2 Å². The molecule has 0 atom stereocenters. The number of halogens is 1. The van der Waals surface area contributed by atoms with Crippen molar-refractivity contribution in [1.82, 2.24) is 16.2 Å². The van der Waals surface area contributed by atoms with Crippen LogP contribution in [0.15, 0.2) is 60.7 Å². The van der Waals surface area contributed by atoms with E-state index in [2.05, 4.69) is 21.1 Å². The van der Waals surface area contributed by atoms with Crippen LogP contribution < -0.4 is 21.1 Å². The number of fused-ring (bicyclic) bond motifs is 1. The molecule has 31 heavy (non-hydrogen) atoms. The first kappa shape index (κ1) is 21.0. The standard InChI is InChI=1S/C23H23ClN4O3/c24-20-7-8-21(28-9-11-31-12-10-28)19(14-20)15-25-23(30)27-26-22(29)18-6-5-16-3-1-2-4-17(16)13-18/h1-8,13-14H,9-12,15H2,(H,26,29)(H2,25,27,30). The van der Waals surface area contributed by atoms with Crippen molar-refractivity contribution in [3.8, 4) is 0 Å². The zero-order valence-electron chi connectivity index (χ0n) is 16.9. The van der Waals surface area contributed by atoms with Crippen LogP contribution in [0.1, 0.15) is 15.9 Å². The molecule has 3 amide bonds. The number of nitrogens with one attached hydrogen (secondary N) is 3. The maximum absolute atomic E-state index is 12.4. The smallest absolute Gasteiger partial charge is 0.333 e. The second-order valence-electron chi connectivity index (χ2n) is 7.20. The van der Waals surface area contributed by atoms with Gasteiger partial charge in [-0.05, 0) is 46.7 Å². The number of carbonyl (C=O) groups is 2. The molecular weight excluding hydrogens is 416 g/mol. The number of amides is 3. The monoisotopic (exact) mass is 438 g/mol. The van der Waals surface area contributed by atoms with Gasteiger partial charge in [-0.25, -0.2) is 10.2 Å². The highest BCUT2D eigenvalue weighted by Crippen LogP contribution is 2.25. The van der Waals surface area contributed by atoms with Crippen molar-refractivity contribution in [2.45, 2.75) is 6.54 Å². The molecule has 0 aliphatic carbocycles. The first-order chi connectivity index (χ1) is 15.1. The third kappa shape index (κ3) is 5.25. The number of nitrogens with zero attached hydrogens (tertiary/aromatic N) is 1. The van der Waals surface area contributed by atoms with Crippen molar-refractivity contribution in [1.29, 1.82) is 0 Å². The minimum Gasteiger partial charge on any atom is -0.378 e. The van der Waals surface area contributed by atoms with E-state index >= 15 is 0 Å². The van der Waals surface area contributed by atoms with Crippen LogP contribution in [0.5, 0.6) is 0 Å². The Bertz CT molecular complexity index is 1100. The normalized spacial score (nSPS) is 13.6. The summed E-state index contributed by atoms with van der Waals surface area (Å²) in [5.41, 5.74) is 7.19. The van der Waals surface area contributed by atoms with E-state index in [-0.39, 0.29) is 6.54 Å². The lowest BCUT2D eigenvalue weighted by Crippen LogP contribution is -2.46. The zero-order valence-corrected chi connectivity index (χ0v) is 17.6. The van der Waals surface area contributed by atoms with Gasteiger partial charge in [0.15, 0.2) is 0 Å². The van der Waals surface area contributed by atoms with Crippen LogP contribution in [-0.4, -0.2) is 38.2 Å². The summed E-state index contributed by atoms with van der Waals surface area (Å²) in [5, 5.41) is 5.36. The van der Waals surface area contributed by atoms with Gasteiger partial charge < -0.3 is 15.0 Å². The summed E-state index contributed by atoms with van der Waals surface area (Å²) in [4.78, 5) is 26.8. The average Bonchev–Trinajstić information content (AvgIpc) is 2.81. The molecule has 3 aromatic rings. The first-order valence-corrected chi connectivity index (χ1v) is 10.4. The number of hydrazine groups is 1. The molecule has 0 aromatic heterocycles. The maximum Gasteiger partial charge on any atom is 0.333 e. The van der Waals surface area contributed by atoms with E-state index in [0.29, 0.717) is 23.8 Å². The Kier molecular flexibility index (Phi) is 6.54. The molecule has 1 heterocycles. The molecule has 0 saturated carbocycles. The highest BCUT2D eigenvalue weighted by molar-refractivity contribution is 6.30. The molecule has 0 spiro atoms. The SMILES string of the molecule is O=C(NCc1cc(Cl)ccc1N1CCOCC1)NNC(=O)c1ccc2ccccc2c1. The Balaban J connectivity index is 1.34. The molecule has 160 valence electrons. The maximum atomic E-state index is 12.4. The summed E-state index contributed by atoms with van der Waals surface area (Å²) in [7, 11) is 0. The van der Waals surface area contributed by atoms with Crippen molar-refractivity contribution in [2.75, 3.05) is 31.2 Å². The van der Waals surface area contributed by atoms with Crippen LogP contribution in [-0.2, 0) is 11.3 Å². The minimum atomic E-state index is -0.512. The third-order valence-electron chi connectivity index (χ3n) is 5.13. The van der Waals surface area contributed by atoms with Crippen molar-refractivity contribution < 1.29 is 14.3 Å². The molecule has 0 radical (unpaired) electrons. The van der Waals surface area contributed by atoms with Crippen LogP contribution in [0, 0.1) is 0 Å². The lowest BCUT2D eigenvalue weighted by molar-refractivity contribution is 0.0936. The van der Waals surface area contributed by atoms with Crippen molar-refractivity contribution >= 4 is 40.0 Å². The lowest BCUT2D eigenvalue weighted by atomic mass is 10.1. The molecule has 3 N–H and O–H groups in total. The Morgan fingerprint density at radius 2 is 1.71 bits per heavy atom. The van der Waals surface area contributed by atoms with Crippen molar-refractivity contribution in [2.24, 2.45) is 0 Å². The molecule has 1 fully saturated rings. The summed E-state index contributed by atoms with van der Waals surface area (Å²) < 4.78 is 5.41. The second kappa shape index (κ2) is 9.68. The summed E-state index contributed by atoms with van der Waals surface area (Å²) in [5.74, 6) is -0.391. The molecule has 1 aliphatic heterocycles. The average molecular weight is 439 g/mol. The zero-order chi connectivity index (χ0) is 21.6. The number of hydrogen-bond acceptors (Lipinski definition) is 4. The van der Waals surface area contributed by atoms with E-state index in [0.717, 1.165) is 35.1 Å². The Morgan fingerprint density at radius 3 is 2.52 bits per heavy atom. The highest BCUT2D eigenvalue weighted by Gasteiger charge is 2.16. The fourth-order valence-electron chi connectivity index (χ4n) is 3.54. The quantitative estimate of drug-likeness (QED) is 0.545. The van der Waals surface area contributed by atoms with Crippen LogP contribution >= 0.6 is 11.6 Å². The van der Waals surface area contributed by atoms with Crippen molar-refractivity contribution in [3.63, 3.8) is 0 Å². The topological polar surface area (TPSA) is 82.7 Å². The van der Waals surface area contributed by atoms with Crippen LogP contribution in [0.25, 0.3) is 10.8 Å². The number of hydrogen-bond donors (Lipinski definition) is 3. The number of rotatable bonds is 4. The lowest BCUT2D eigenvalue weighted by Gasteiger charge is -2.30. The van der Waals surface area contributed by atoms with E-state index in [1.165, 1.54) is 0 Å². The molecule has 4 rings (SSSR count). The molecule has 1 saturated heterocycles. The van der Waals surface area contributed by atoms with Gasteiger partial charge in [-0.2, -0.15) is 0 Å². The highest BCUT2D eigenvalue weighted by atomic mass is 35.5. The van der Waals surface area contributed by atoms with Gasteiger partial charge in [0.1, 0.15) is 0 Å². The van der Waals surface area contributed by atoms with Crippen LogP contribution in [0.4, 0.5) is 10.5 Å². The largest absolute Gasteiger partial charge is 0.378 e. The summed E-state index contributed by atoms with van der Waals surface area (Å²) in [6.45, 7) is 3.16. The number of anilines is 1. The van der Waals surface area contributed by atoms with Gasteiger partial charge in [0, 0.05) is 35.9 Å². The number of benzene rings is 3. The van der Waals surface area contributed by atoms with E-state index < -0.39 is 11.9 Å². The van der Waals surface area contributed by atoms with Gasteiger partial charge in [0.25, 0.3) is 5.91 Å². The first-order valence-electron chi connectivity index (χ1n) is 10.0. The molecular formula is C23H23ClN4O3. The fourth-order valence-corrected chi connectivity index (χ4v) is 3.74. The number of carbonyl (C=O) groups excluding carboxylic acids is 2. The van der Waals surface area contributed by atoms with Gasteiger partial charge >= 0.3 is 6.03 Å². The molecule has 0 unspecified atom stereocenters. The second-order valence-corrected chi connectivity index (χ2v) is 7.63. The Labute approximate surface area is 185 Å². The number of ether oxygens (including phenoxy) is 1. The van der Waals surface area contributed by atoms with E-state index in [4.69, 9.17) is 16.3 Å².